The van der Waals surface area contributed by atoms with Crippen LogP contribution in [0.3, 0.4) is 0 Å². The highest BCUT2D eigenvalue weighted by atomic mass is 19.1. The van der Waals surface area contributed by atoms with Gasteiger partial charge < -0.3 is 25.0 Å². The number of carbonyl (C=O) groups excluding carboxylic acids is 1. The van der Waals surface area contributed by atoms with Gasteiger partial charge in [-0.2, -0.15) is 10.1 Å². The molecular weight excluding hydrogens is 455 g/mol. The molecule has 1 saturated heterocycles. The van der Waals surface area contributed by atoms with E-state index in [1.807, 2.05) is 0 Å². The summed E-state index contributed by atoms with van der Waals surface area (Å²) < 4.78 is 54.1. The van der Waals surface area contributed by atoms with Gasteiger partial charge in [0.1, 0.15) is 12.4 Å². The number of morpholine rings is 1. The number of hydrogen-bond acceptors (Lipinski definition) is 8. The molecule has 0 radical (unpaired) electrons. The minimum Gasteiger partial charge on any atom is -0.494 e. The van der Waals surface area contributed by atoms with E-state index in [2.05, 4.69) is 25.7 Å². The van der Waals surface area contributed by atoms with Crippen LogP contribution in [0.1, 0.15) is 5.56 Å². The third-order valence-corrected chi connectivity index (χ3v) is 5.10. The first-order chi connectivity index (χ1) is 16.4. The number of rotatable bonds is 8. The summed E-state index contributed by atoms with van der Waals surface area (Å²) in [6.07, 6.45) is 3.97. The molecule has 13 heteroatoms. The average molecular weight is 477 g/mol. The molecule has 3 aromatic rings. The van der Waals surface area contributed by atoms with Crippen LogP contribution in [0.4, 0.5) is 30.6 Å². The zero-order valence-corrected chi connectivity index (χ0v) is 18.2. The summed E-state index contributed by atoms with van der Waals surface area (Å²) in [5.41, 5.74) is 0.148. The molecule has 2 aromatic heterocycles. The zero-order valence-electron chi connectivity index (χ0n) is 18.2. The molecule has 0 atom stereocenters. The van der Waals surface area contributed by atoms with E-state index in [-0.39, 0.29) is 42.1 Å². The van der Waals surface area contributed by atoms with Crippen molar-refractivity contribution in [3.05, 3.63) is 53.7 Å². The van der Waals surface area contributed by atoms with Crippen molar-refractivity contribution < 1.29 is 27.4 Å². The fourth-order valence-corrected chi connectivity index (χ4v) is 3.31. The van der Waals surface area contributed by atoms with Crippen LogP contribution >= 0.6 is 0 Å². The van der Waals surface area contributed by atoms with Gasteiger partial charge in [0.15, 0.2) is 23.2 Å². The van der Waals surface area contributed by atoms with E-state index in [9.17, 15) is 18.0 Å². The molecule has 0 spiro atoms. The summed E-state index contributed by atoms with van der Waals surface area (Å²) in [5, 5.41) is 9.57. The van der Waals surface area contributed by atoms with Crippen molar-refractivity contribution >= 4 is 23.4 Å². The molecule has 4 rings (SSSR count). The van der Waals surface area contributed by atoms with Crippen molar-refractivity contribution in [2.45, 2.75) is 13.1 Å². The number of methoxy groups -OCH3 is 1. The van der Waals surface area contributed by atoms with Gasteiger partial charge >= 0.3 is 0 Å². The first-order valence-electron chi connectivity index (χ1n) is 10.4. The van der Waals surface area contributed by atoms with Crippen LogP contribution in [-0.2, 0) is 22.6 Å². The third-order valence-electron chi connectivity index (χ3n) is 5.10. The van der Waals surface area contributed by atoms with Crippen LogP contribution in [0.5, 0.6) is 5.75 Å². The Morgan fingerprint density at radius 3 is 2.74 bits per heavy atom. The van der Waals surface area contributed by atoms with E-state index >= 15 is 0 Å². The first kappa shape index (κ1) is 23.3. The molecule has 0 bridgehead atoms. The Bertz CT molecular complexity index is 1170. The number of amides is 1. The molecule has 3 heterocycles. The molecular formula is C21H22F3N7O3. The summed E-state index contributed by atoms with van der Waals surface area (Å²) in [5.74, 6) is -2.95. The van der Waals surface area contributed by atoms with E-state index in [0.717, 1.165) is 18.3 Å². The maximum atomic E-state index is 14.3. The molecule has 1 amide bonds. The summed E-state index contributed by atoms with van der Waals surface area (Å²) in [6, 6.07) is 2.22. The standard InChI is InChI=1S/C21H22F3N7O3/c1-33-17-3-2-15(22)14(19(17)24)9-25-20-16(23)10-26-21(29-20)28-13-8-27-31(11-13)12-18(32)30-4-6-34-7-5-30/h2-3,8,10-11H,4-7,9,12H2,1H3,(H2,25,26,28,29). The molecule has 0 unspecified atom stereocenters. The molecule has 180 valence electrons. The molecule has 0 saturated carbocycles. The van der Waals surface area contributed by atoms with Gasteiger partial charge in [0.25, 0.3) is 0 Å². The fourth-order valence-electron chi connectivity index (χ4n) is 3.31. The number of halogens is 3. The Balaban J connectivity index is 1.40. The lowest BCUT2D eigenvalue weighted by molar-refractivity contribution is -0.136. The van der Waals surface area contributed by atoms with Crippen LogP contribution in [-0.4, -0.2) is 64.0 Å². The van der Waals surface area contributed by atoms with Crippen molar-refractivity contribution in [2.24, 2.45) is 0 Å². The third kappa shape index (κ3) is 5.36. The van der Waals surface area contributed by atoms with Crippen LogP contribution in [0, 0.1) is 17.5 Å². The monoisotopic (exact) mass is 477 g/mol. The van der Waals surface area contributed by atoms with E-state index < -0.39 is 17.5 Å². The van der Waals surface area contributed by atoms with E-state index in [1.165, 1.54) is 18.0 Å². The lowest BCUT2D eigenvalue weighted by Gasteiger charge is -2.26. The van der Waals surface area contributed by atoms with E-state index in [0.29, 0.717) is 32.0 Å². The number of nitrogens with one attached hydrogen (secondary N) is 2. The SMILES string of the molecule is COc1ccc(F)c(CNc2nc(Nc3cnn(CC(=O)N4CCOCC4)c3)ncc2F)c1F. The molecule has 34 heavy (non-hydrogen) atoms. The number of benzene rings is 1. The number of carbonyl (C=O) groups is 1. The van der Waals surface area contributed by atoms with Crippen molar-refractivity contribution in [1.29, 1.82) is 0 Å². The van der Waals surface area contributed by atoms with Gasteiger partial charge in [-0.1, -0.05) is 0 Å². The Labute approximate surface area is 192 Å². The fraction of sp³-hybridized carbons (Fsp3) is 0.333. The van der Waals surface area contributed by atoms with Gasteiger partial charge in [0.05, 0.1) is 38.4 Å². The first-order valence-corrected chi connectivity index (χ1v) is 10.4. The second-order valence-corrected chi connectivity index (χ2v) is 7.33. The quantitative estimate of drug-likeness (QED) is 0.509. The number of aromatic nitrogens is 4. The molecule has 0 aliphatic carbocycles. The van der Waals surface area contributed by atoms with E-state index in [1.54, 1.807) is 11.1 Å². The van der Waals surface area contributed by atoms with Crippen molar-refractivity contribution in [2.75, 3.05) is 44.0 Å². The predicted octanol–water partition coefficient (Wildman–Crippen LogP) is 2.31. The molecule has 1 aliphatic rings. The number of hydrogen-bond donors (Lipinski definition) is 2. The molecule has 1 aliphatic heterocycles. The summed E-state index contributed by atoms with van der Waals surface area (Å²) in [6.45, 7) is 1.77. The van der Waals surface area contributed by atoms with Crippen molar-refractivity contribution in [3.8, 4) is 5.75 Å². The Morgan fingerprint density at radius 1 is 1.18 bits per heavy atom. The minimum absolute atomic E-state index is 0.0227. The second-order valence-electron chi connectivity index (χ2n) is 7.33. The second kappa shape index (κ2) is 10.4. The Kier molecular flexibility index (Phi) is 7.11. The molecule has 1 fully saturated rings. The van der Waals surface area contributed by atoms with Crippen molar-refractivity contribution in [1.82, 2.24) is 24.6 Å². The number of ether oxygens (including phenoxy) is 2. The van der Waals surface area contributed by atoms with Gasteiger partial charge in [0, 0.05) is 31.4 Å². The maximum Gasteiger partial charge on any atom is 0.244 e. The Morgan fingerprint density at radius 2 is 1.97 bits per heavy atom. The van der Waals surface area contributed by atoms with Gasteiger partial charge in [-0.3, -0.25) is 9.48 Å². The smallest absolute Gasteiger partial charge is 0.244 e. The summed E-state index contributed by atoms with van der Waals surface area (Å²) in [7, 11) is 1.26. The molecule has 1 aromatic carbocycles. The zero-order chi connectivity index (χ0) is 24.1. The summed E-state index contributed by atoms with van der Waals surface area (Å²) in [4.78, 5) is 21.9. The van der Waals surface area contributed by atoms with Gasteiger partial charge in [-0.25, -0.2) is 18.2 Å². The minimum atomic E-state index is -0.887. The highest BCUT2D eigenvalue weighted by Gasteiger charge is 2.18. The van der Waals surface area contributed by atoms with Crippen LogP contribution in [0.25, 0.3) is 0 Å². The molecule has 10 nitrogen and oxygen atoms in total. The van der Waals surface area contributed by atoms with Gasteiger partial charge in [-0.05, 0) is 12.1 Å². The maximum absolute atomic E-state index is 14.3. The van der Waals surface area contributed by atoms with Crippen LogP contribution in [0.15, 0.2) is 30.7 Å². The Hall–Kier alpha value is -3.87. The number of anilines is 3. The van der Waals surface area contributed by atoms with Crippen molar-refractivity contribution in [3.63, 3.8) is 0 Å². The number of nitrogens with zero attached hydrogens (tertiary/aromatic N) is 5. The molecule has 2 N–H and O–H groups in total. The topological polar surface area (TPSA) is 106 Å². The lowest BCUT2D eigenvalue weighted by Crippen LogP contribution is -2.42. The highest BCUT2D eigenvalue weighted by molar-refractivity contribution is 5.76. The average Bonchev–Trinajstić information content (AvgIpc) is 3.28. The van der Waals surface area contributed by atoms with Crippen LogP contribution in [0.2, 0.25) is 0 Å². The summed E-state index contributed by atoms with van der Waals surface area (Å²) >= 11 is 0. The van der Waals surface area contributed by atoms with Crippen LogP contribution < -0.4 is 15.4 Å². The van der Waals surface area contributed by atoms with E-state index in [4.69, 9.17) is 9.47 Å². The van der Waals surface area contributed by atoms with Gasteiger partial charge in [0.2, 0.25) is 11.9 Å². The predicted molar refractivity (Wildman–Crippen MR) is 115 cm³/mol. The van der Waals surface area contributed by atoms with Gasteiger partial charge in [-0.15, -0.1) is 0 Å². The normalized spacial score (nSPS) is 13.6. The lowest BCUT2D eigenvalue weighted by atomic mass is 10.2. The largest absolute Gasteiger partial charge is 0.494 e. The highest BCUT2D eigenvalue weighted by Crippen LogP contribution is 2.24.